The van der Waals surface area contributed by atoms with Gasteiger partial charge in [-0.3, -0.25) is 9.59 Å². The minimum absolute atomic E-state index is 0.129. The summed E-state index contributed by atoms with van der Waals surface area (Å²) in [7, 11) is 4.70. The summed E-state index contributed by atoms with van der Waals surface area (Å²) in [5.74, 6) is 0.875. The highest BCUT2D eigenvalue weighted by atomic mass is 16.5. The van der Waals surface area contributed by atoms with Crippen LogP contribution in [-0.4, -0.2) is 33.1 Å². The molecular weight excluding hydrogens is 320 g/mol. The SMILES string of the molecule is CNC(=O)c1cccc(NC(=O)Cc2cc(OC)ccc2OC)c1C. The third-order valence-corrected chi connectivity index (χ3v) is 3.92. The Morgan fingerprint density at radius 3 is 2.48 bits per heavy atom. The molecule has 0 atom stereocenters. The van der Waals surface area contributed by atoms with Gasteiger partial charge in [-0.1, -0.05) is 6.07 Å². The second-order valence-corrected chi connectivity index (χ2v) is 5.46. The van der Waals surface area contributed by atoms with Crippen LogP contribution in [0.15, 0.2) is 36.4 Å². The van der Waals surface area contributed by atoms with Crippen molar-refractivity contribution < 1.29 is 19.1 Å². The van der Waals surface area contributed by atoms with Crippen molar-refractivity contribution >= 4 is 17.5 Å². The summed E-state index contributed by atoms with van der Waals surface area (Å²) in [6, 6.07) is 10.5. The Hall–Kier alpha value is -3.02. The molecule has 0 saturated carbocycles. The Morgan fingerprint density at radius 1 is 1.08 bits per heavy atom. The van der Waals surface area contributed by atoms with E-state index < -0.39 is 0 Å². The molecule has 132 valence electrons. The summed E-state index contributed by atoms with van der Waals surface area (Å²) in [6.45, 7) is 1.80. The first-order chi connectivity index (χ1) is 12.0. The van der Waals surface area contributed by atoms with Crippen molar-refractivity contribution in [1.82, 2.24) is 5.32 Å². The molecule has 0 spiro atoms. The fourth-order valence-electron chi connectivity index (χ4n) is 2.54. The monoisotopic (exact) mass is 342 g/mol. The van der Waals surface area contributed by atoms with Crippen molar-refractivity contribution in [3.63, 3.8) is 0 Å². The van der Waals surface area contributed by atoms with Gasteiger partial charge in [-0.05, 0) is 42.8 Å². The molecule has 2 rings (SSSR count). The topological polar surface area (TPSA) is 76.7 Å². The molecule has 6 heteroatoms. The Balaban J connectivity index is 2.20. The molecule has 0 radical (unpaired) electrons. The predicted molar refractivity (Wildman–Crippen MR) is 96.4 cm³/mol. The standard InChI is InChI=1S/C19H22N2O4/c1-12-15(19(23)20-2)6-5-7-16(12)21-18(22)11-13-10-14(24-3)8-9-17(13)25-4/h5-10H,11H2,1-4H3,(H,20,23)(H,21,22). The first kappa shape index (κ1) is 18.3. The lowest BCUT2D eigenvalue weighted by atomic mass is 10.1. The van der Waals surface area contributed by atoms with E-state index in [2.05, 4.69) is 10.6 Å². The second-order valence-electron chi connectivity index (χ2n) is 5.46. The Bertz CT molecular complexity index is 787. The maximum Gasteiger partial charge on any atom is 0.251 e. The average Bonchev–Trinajstić information content (AvgIpc) is 2.62. The van der Waals surface area contributed by atoms with Crippen LogP contribution in [-0.2, 0) is 11.2 Å². The molecule has 2 amide bonds. The molecule has 2 N–H and O–H groups in total. The number of hydrogen-bond acceptors (Lipinski definition) is 4. The zero-order valence-corrected chi connectivity index (χ0v) is 14.8. The van der Waals surface area contributed by atoms with Crippen molar-refractivity contribution in [3.05, 3.63) is 53.1 Å². The van der Waals surface area contributed by atoms with E-state index in [1.165, 1.54) is 0 Å². The summed E-state index contributed by atoms with van der Waals surface area (Å²) >= 11 is 0. The molecule has 2 aromatic carbocycles. The lowest BCUT2D eigenvalue weighted by Crippen LogP contribution is -2.21. The molecule has 0 aliphatic rings. The molecule has 0 saturated heterocycles. The Kier molecular flexibility index (Phi) is 6.00. The fraction of sp³-hybridized carbons (Fsp3) is 0.263. The molecule has 0 aliphatic heterocycles. The summed E-state index contributed by atoms with van der Waals surface area (Å²) in [5.41, 5.74) is 2.57. The number of benzene rings is 2. The van der Waals surface area contributed by atoms with E-state index in [1.54, 1.807) is 64.6 Å². The van der Waals surface area contributed by atoms with Gasteiger partial charge < -0.3 is 20.1 Å². The van der Waals surface area contributed by atoms with E-state index >= 15 is 0 Å². The van der Waals surface area contributed by atoms with Crippen LogP contribution in [0.25, 0.3) is 0 Å². The van der Waals surface area contributed by atoms with Crippen molar-refractivity contribution in [3.8, 4) is 11.5 Å². The van der Waals surface area contributed by atoms with Crippen LogP contribution in [0.2, 0.25) is 0 Å². The minimum atomic E-state index is -0.205. The van der Waals surface area contributed by atoms with Gasteiger partial charge in [0.1, 0.15) is 11.5 Å². The van der Waals surface area contributed by atoms with Gasteiger partial charge in [-0.25, -0.2) is 0 Å². The number of ether oxygens (including phenoxy) is 2. The van der Waals surface area contributed by atoms with Gasteiger partial charge in [0.25, 0.3) is 5.91 Å². The number of methoxy groups -OCH3 is 2. The van der Waals surface area contributed by atoms with Crippen molar-refractivity contribution in [2.45, 2.75) is 13.3 Å². The Labute approximate surface area is 147 Å². The first-order valence-electron chi connectivity index (χ1n) is 7.82. The first-order valence-corrected chi connectivity index (χ1v) is 7.82. The van der Waals surface area contributed by atoms with Gasteiger partial charge in [-0.15, -0.1) is 0 Å². The van der Waals surface area contributed by atoms with Crippen LogP contribution < -0.4 is 20.1 Å². The molecule has 0 bridgehead atoms. The molecule has 6 nitrogen and oxygen atoms in total. The molecule has 0 heterocycles. The van der Waals surface area contributed by atoms with Crippen LogP contribution in [0.5, 0.6) is 11.5 Å². The number of carbonyl (C=O) groups excluding carboxylic acids is 2. The van der Waals surface area contributed by atoms with Crippen LogP contribution in [0.3, 0.4) is 0 Å². The normalized spacial score (nSPS) is 10.1. The van der Waals surface area contributed by atoms with E-state index in [0.717, 1.165) is 5.56 Å². The van der Waals surface area contributed by atoms with Gasteiger partial charge in [-0.2, -0.15) is 0 Å². The lowest BCUT2D eigenvalue weighted by Gasteiger charge is -2.13. The molecule has 0 fully saturated rings. The summed E-state index contributed by atoms with van der Waals surface area (Å²) < 4.78 is 10.5. The highest BCUT2D eigenvalue weighted by Gasteiger charge is 2.14. The average molecular weight is 342 g/mol. The number of anilines is 1. The van der Waals surface area contributed by atoms with Gasteiger partial charge in [0, 0.05) is 23.9 Å². The van der Waals surface area contributed by atoms with Crippen LogP contribution in [0.4, 0.5) is 5.69 Å². The van der Waals surface area contributed by atoms with Gasteiger partial charge in [0.2, 0.25) is 5.91 Å². The van der Waals surface area contributed by atoms with Crippen LogP contribution in [0, 0.1) is 6.92 Å². The smallest absolute Gasteiger partial charge is 0.251 e. The van der Waals surface area contributed by atoms with Gasteiger partial charge in [0.15, 0.2) is 0 Å². The highest BCUT2D eigenvalue weighted by molar-refractivity contribution is 5.99. The lowest BCUT2D eigenvalue weighted by molar-refractivity contribution is -0.115. The van der Waals surface area contributed by atoms with Crippen LogP contribution in [0.1, 0.15) is 21.5 Å². The number of amides is 2. The largest absolute Gasteiger partial charge is 0.497 e. The molecule has 25 heavy (non-hydrogen) atoms. The molecule has 0 aromatic heterocycles. The van der Waals surface area contributed by atoms with Gasteiger partial charge in [0.05, 0.1) is 20.6 Å². The van der Waals surface area contributed by atoms with E-state index in [1.807, 2.05) is 0 Å². The molecule has 2 aromatic rings. The molecular formula is C19H22N2O4. The van der Waals surface area contributed by atoms with Crippen molar-refractivity contribution in [1.29, 1.82) is 0 Å². The quantitative estimate of drug-likeness (QED) is 0.846. The fourth-order valence-corrected chi connectivity index (χ4v) is 2.54. The maximum atomic E-state index is 12.4. The van der Waals surface area contributed by atoms with Crippen LogP contribution >= 0.6 is 0 Å². The highest BCUT2D eigenvalue weighted by Crippen LogP contribution is 2.25. The predicted octanol–water partition coefficient (Wildman–Crippen LogP) is 2.55. The number of nitrogens with one attached hydrogen (secondary N) is 2. The summed E-state index contributed by atoms with van der Waals surface area (Å²) in [5, 5.41) is 5.44. The molecule has 0 unspecified atom stereocenters. The third kappa shape index (κ3) is 4.29. The zero-order chi connectivity index (χ0) is 18.4. The number of carbonyl (C=O) groups is 2. The molecule has 0 aliphatic carbocycles. The Morgan fingerprint density at radius 2 is 1.84 bits per heavy atom. The van der Waals surface area contributed by atoms with E-state index in [4.69, 9.17) is 9.47 Å². The summed E-state index contributed by atoms with van der Waals surface area (Å²) in [6.07, 6.45) is 0.129. The van der Waals surface area contributed by atoms with Gasteiger partial charge >= 0.3 is 0 Å². The number of rotatable bonds is 6. The second kappa shape index (κ2) is 8.19. The maximum absolute atomic E-state index is 12.4. The zero-order valence-electron chi connectivity index (χ0n) is 14.8. The van der Waals surface area contributed by atoms with E-state index in [9.17, 15) is 9.59 Å². The van der Waals surface area contributed by atoms with Crippen molar-refractivity contribution in [2.24, 2.45) is 0 Å². The van der Waals surface area contributed by atoms with Crippen molar-refractivity contribution in [2.75, 3.05) is 26.6 Å². The minimum Gasteiger partial charge on any atom is -0.497 e. The van der Waals surface area contributed by atoms with E-state index in [0.29, 0.717) is 28.3 Å². The third-order valence-electron chi connectivity index (χ3n) is 3.92. The summed E-state index contributed by atoms with van der Waals surface area (Å²) in [4.78, 5) is 24.3. The van der Waals surface area contributed by atoms with E-state index in [-0.39, 0.29) is 18.2 Å². The number of hydrogen-bond donors (Lipinski definition) is 2.